The van der Waals surface area contributed by atoms with Gasteiger partial charge in [0.1, 0.15) is 28.4 Å². The fraction of sp³-hybridized carbons (Fsp3) is 0.152. The van der Waals surface area contributed by atoms with Crippen LogP contribution >= 0.6 is 0 Å². The number of phenolic OH excluding ortho intramolecular Hbond substituents is 1. The Morgan fingerprint density at radius 2 is 1.38 bits per heavy atom. The lowest BCUT2D eigenvalue weighted by molar-refractivity contribution is 0.448. The third kappa shape index (κ3) is 5.86. The topological polar surface area (TPSA) is 75.3 Å². The Labute approximate surface area is 304 Å². The molecule has 0 fully saturated rings. The number of para-hydroxylation sites is 1. The van der Waals surface area contributed by atoms with E-state index >= 15 is 0 Å². The number of rotatable bonds is 6. The Kier molecular flexibility index (Phi) is 8.10. The highest BCUT2D eigenvalue weighted by atomic mass is 16.3. The first kappa shape index (κ1) is 32.9. The zero-order valence-electron chi connectivity index (χ0n) is 30.3. The highest BCUT2D eigenvalue weighted by Gasteiger charge is 2.26. The van der Waals surface area contributed by atoms with E-state index < -0.39 is 0 Å². The van der Waals surface area contributed by atoms with E-state index in [0.29, 0.717) is 28.2 Å². The molecule has 0 aliphatic rings. The standard InChI is InChI=1S/C46H40N4O2/c1-28-23-29(2)42(30(3)24-28)50(39-21-12-13-22-47-39)34-18-14-17-32(25-34)40-44-41(35-19-10-11-20-38(35)52-44)49-45(48-40)36-26-33(31-15-8-7-9-16-31)27-37(43(36)51)46(4,5)6/h7-27,51H,1-6H3. The normalized spacial score (nSPS) is 11.7. The summed E-state index contributed by atoms with van der Waals surface area (Å²) in [5.74, 6) is 1.40. The lowest BCUT2D eigenvalue weighted by Crippen LogP contribution is -2.14. The van der Waals surface area contributed by atoms with Gasteiger partial charge in [0.05, 0.1) is 11.3 Å². The van der Waals surface area contributed by atoms with Crippen LogP contribution in [0.15, 0.2) is 132 Å². The molecule has 3 aromatic heterocycles. The van der Waals surface area contributed by atoms with Crippen LogP contribution in [0.25, 0.3) is 55.8 Å². The van der Waals surface area contributed by atoms with Crippen molar-refractivity contribution in [2.75, 3.05) is 4.90 Å². The molecule has 0 aliphatic heterocycles. The quantitative estimate of drug-likeness (QED) is 0.188. The van der Waals surface area contributed by atoms with Gasteiger partial charge < -0.3 is 9.52 Å². The van der Waals surface area contributed by atoms with Gasteiger partial charge in [-0.1, -0.05) is 99.1 Å². The molecule has 52 heavy (non-hydrogen) atoms. The van der Waals surface area contributed by atoms with E-state index in [0.717, 1.165) is 61.5 Å². The maximum absolute atomic E-state index is 12.0. The molecular weight excluding hydrogens is 641 g/mol. The van der Waals surface area contributed by atoms with Gasteiger partial charge in [0, 0.05) is 28.4 Å². The number of furan rings is 1. The molecule has 0 spiro atoms. The van der Waals surface area contributed by atoms with E-state index in [9.17, 15) is 5.11 Å². The number of anilines is 3. The first-order valence-corrected chi connectivity index (χ1v) is 17.6. The number of pyridine rings is 1. The van der Waals surface area contributed by atoms with Gasteiger partial charge in [-0.2, -0.15) is 0 Å². The molecule has 8 aromatic rings. The molecule has 0 atom stereocenters. The monoisotopic (exact) mass is 680 g/mol. The molecule has 0 radical (unpaired) electrons. The van der Waals surface area contributed by atoms with Crippen molar-refractivity contribution in [2.24, 2.45) is 0 Å². The van der Waals surface area contributed by atoms with Crippen LogP contribution in [0.1, 0.15) is 43.0 Å². The minimum atomic E-state index is -0.339. The number of nitrogens with zero attached hydrogens (tertiary/aromatic N) is 4. The summed E-state index contributed by atoms with van der Waals surface area (Å²) in [4.78, 5) is 17.4. The largest absolute Gasteiger partial charge is 0.507 e. The predicted molar refractivity (Wildman–Crippen MR) is 213 cm³/mol. The number of hydrogen-bond acceptors (Lipinski definition) is 6. The number of hydrogen-bond donors (Lipinski definition) is 1. The van der Waals surface area contributed by atoms with Crippen molar-refractivity contribution in [2.45, 2.75) is 47.0 Å². The molecule has 0 saturated heterocycles. The van der Waals surface area contributed by atoms with Gasteiger partial charge in [0.15, 0.2) is 11.4 Å². The van der Waals surface area contributed by atoms with Crippen molar-refractivity contribution >= 4 is 39.3 Å². The Hall–Kier alpha value is -6.27. The number of aromatic nitrogens is 3. The predicted octanol–water partition coefficient (Wildman–Crippen LogP) is 12.2. The van der Waals surface area contributed by atoms with Crippen LogP contribution in [0.3, 0.4) is 0 Å². The summed E-state index contributed by atoms with van der Waals surface area (Å²) in [6, 6.07) is 40.9. The van der Waals surface area contributed by atoms with E-state index in [1.165, 1.54) is 5.56 Å². The lowest BCUT2D eigenvalue weighted by Gasteiger charge is -2.28. The molecule has 6 nitrogen and oxygen atoms in total. The van der Waals surface area contributed by atoms with Gasteiger partial charge >= 0.3 is 0 Å². The number of aryl methyl sites for hydroxylation is 3. The zero-order chi connectivity index (χ0) is 36.1. The summed E-state index contributed by atoms with van der Waals surface area (Å²) in [6.45, 7) is 12.7. The van der Waals surface area contributed by atoms with Crippen molar-refractivity contribution in [3.63, 3.8) is 0 Å². The molecule has 8 rings (SSSR count). The van der Waals surface area contributed by atoms with Gasteiger partial charge in [-0.15, -0.1) is 0 Å². The molecule has 0 saturated carbocycles. The van der Waals surface area contributed by atoms with Crippen LogP contribution in [-0.2, 0) is 5.41 Å². The summed E-state index contributed by atoms with van der Waals surface area (Å²) in [5, 5.41) is 12.9. The highest BCUT2D eigenvalue weighted by molar-refractivity contribution is 6.07. The second kappa shape index (κ2) is 12.8. The van der Waals surface area contributed by atoms with Crippen molar-refractivity contribution in [3.05, 3.63) is 150 Å². The van der Waals surface area contributed by atoms with Crippen molar-refractivity contribution in [1.29, 1.82) is 0 Å². The number of phenols is 1. The summed E-state index contributed by atoms with van der Waals surface area (Å²) in [6.07, 6.45) is 1.82. The highest BCUT2D eigenvalue weighted by Crippen LogP contribution is 2.44. The van der Waals surface area contributed by atoms with Gasteiger partial charge in [0.25, 0.3) is 0 Å². The molecule has 6 heteroatoms. The molecule has 256 valence electrons. The van der Waals surface area contributed by atoms with Crippen molar-refractivity contribution < 1.29 is 9.52 Å². The molecule has 1 N–H and O–H groups in total. The van der Waals surface area contributed by atoms with Gasteiger partial charge in [-0.25, -0.2) is 15.0 Å². The summed E-state index contributed by atoms with van der Waals surface area (Å²) in [5.41, 5.74) is 12.1. The molecular formula is C46H40N4O2. The molecule has 0 bridgehead atoms. The fourth-order valence-corrected chi connectivity index (χ4v) is 7.26. The van der Waals surface area contributed by atoms with Gasteiger partial charge in [0.2, 0.25) is 0 Å². The van der Waals surface area contributed by atoms with E-state index in [1.54, 1.807) is 0 Å². The van der Waals surface area contributed by atoms with Crippen LogP contribution in [0.2, 0.25) is 0 Å². The number of benzene rings is 5. The second-order valence-electron chi connectivity index (χ2n) is 14.5. The van der Waals surface area contributed by atoms with E-state index in [-0.39, 0.29) is 11.2 Å². The molecule has 3 heterocycles. The third-order valence-electron chi connectivity index (χ3n) is 9.60. The Balaban J connectivity index is 1.39. The average molecular weight is 681 g/mol. The van der Waals surface area contributed by atoms with E-state index in [2.05, 4.69) is 95.0 Å². The van der Waals surface area contributed by atoms with Crippen molar-refractivity contribution in [1.82, 2.24) is 15.0 Å². The Morgan fingerprint density at radius 3 is 2.12 bits per heavy atom. The van der Waals surface area contributed by atoms with Crippen LogP contribution in [-0.4, -0.2) is 20.1 Å². The first-order chi connectivity index (χ1) is 25.1. The van der Waals surface area contributed by atoms with E-state index in [4.69, 9.17) is 19.4 Å². The smallest absolute Gasteiger partial charge is 0.180 e. The summed E-state index contributed by atoms with van der Waals surface area (Å²) < 4.78 is 6.54. The van der Waals surface area contributed by atoms with E-state index in [1.807, 2.05) is 79.0 Å². The van der Waals surface area contributed by atoms with Crippen LogP contribution < -0.4 is 4.90 Å². The molecule has 0 aliphatic carbocycles. The molecule has 0 amide bonds. The maximum Gasteiger partial charge on any atom is 0.180 e. The minimum absolute atomic E-state index is 0.172. The minimum Gasteiger partial charge on any atom is -0.507 e. The second-order valence-corrected chi connectivity index (χ2v) is 14.5. The average Bonchev–Trinajstić information content (AvgIpc) is 3.52. The lowest BCUT2D eigenvalue weighted by atomic mass is 9.83. The van der Waals surface area contributed by atoms with Gasteiger partial charge in [-0.05, 0) is 97.0 Å². The zero-order valence-corrected chi connectivity index (χ0v) is 30.3. The summed E-state index contributed by atoms with van der Waals surface area (Å²) in [7, 11) is 0. The molecule has 0 unspecified atom stereocenters. The van der Waals surface area contributed by atoms with Crippen LogP contribution in [0, 0.1) is 20.8 Å². The third-order valence-corrected chi connectivity index (χ3v) is 9.60. The van der Waals surface area contributed by atoms with Gasteiger partial charge in [-0.3, -0.25) is 4.90 Å². The van der Waals surface area contributed by atoms with Crippen molar-refractivity contribution in [3.8, 4) is 39.5 Å². The van der Waals surface area contributed by atoms with Crippen LogP contribution in [0.4, 0.5) is 17.2 Å². The maximum atomic E-state index is 12.0. The SMILES string of the molecule is Cc1cc(C)c(N(c2cccc(-c3nc(-c4cc(-c5ccccc5)cc(C(C)(C)C)c4O)nc4c3oc3ccccc34)c2)c2ccccn2)c(C)c1. The Bertz CT molecular complexity index is 2580. The van der Waals surface area contributed by atoms with Crippen LogP contribution in [0.5, 0.6) is 5.75 Å². The first-order valence-electron chi connectivity index (χ1n) is 17.6. The fourth-order valence-electron chi connectivity index (χ4n) is 7.26. The summed E-state index contributed by atoms with van der Waals surface area (Å²) >= 11 is 0. The number of fused-ring (bicyclic) bond motifs is 3. The molecule has 5 aromatic carbocycles. The Morgan fingerprint density at radius 1 is 0.673 bits per heavy atom. The number of aromatic hydroxyl groups is 1.